The highest BCUT2D eigenvalue weighted by atomic mass is 35.5. The lowest BCUT2D eigenvalue weighted by molar-refractivity contribution is -0.118. The molecule has 0 aliphatic carbocycles. The molecule has 0 atom stereocenters. The normalized spacial score (nSPS) is 10.7. The number of para-hydroxylation sites is 1. The van der Waals surface area contributed by atoms with E-state index < -0.39 is 0 Å². The molecule has 8 heteroatoms. The van der Waals surface area contributed by atoms with E-state index in [1.54, 1.807) is 35.6 Å². The predicted molar refractivity (Wildman–Crippen MR) is 107 cm³/mol. The number of hydrogen-bond donors (Lipinski definition) is 2. The van der Waals surface area contributed by atoms with Crippen molar-refractivity contribution in [3.8, 4) is 0 Å². The van der Waals surface area contributed by atoms with Crippen LogP contribution in [0.25, 0.3) is 10.2 Å². The molecule has 0 fully saturated rings. The van der Waals surface area contributed by atoms with Gasteiger partial charge in [-0.1, -0.05) is 35.5 Å². The molecule has 2 aromatic carbocycles. The van der Waals surface area contributed by atoms with Crippen molar-refractivity contribution < 1.29 is 9.59 Å². The minimum Gasteiger partial charge on any atom is -0.354 e. The van der Waals surface area contributed by atoms with Gasteiger partial charge in [0, 0.05) is 23.7 Å². The number of thioether (sulfide) groups is 1. The zero-order valence-electron chi connectivity index (χ0n) is 13.7. The Balaban J connectivity index is 1.36. The molecule has 0 spiro atoms. The first-order valence-electron chi connectivity index (χ1n) is 7.90. The fourth-order valence-corrected chi connectivity index (χ4v) is 4.20. The first-order chi connectivity index (χ1) is 12.6. The zero-order chi connectivity index (χ0) is 18.4. The van der Waals surface area contributed by atoms with Gasteiger partial charge in [-0.05, 0) is 36.4 Å². The number of nitrogens with zero attached hydrogens (tertiary/aromatic N) is 1. The Morgan fingerprint density at radius 3 is 2.54 bits per heavy atom. The van der Waals surface area contributed by atoms with Gasteiger partial charge < -0.3 is 10.6 Å². The van der Waals surface area contributed by atoms with Crippen molar-refractivity contribution in [3.05, 3.63) is 59.1 Å². The second-order valence-corrected chi connectivity index (χ2v) is 8.04. The van der Waals surface area contributed by atoms with Gasteiger partial charge in [0.25, 0.3) is 5.91 Å². The van der Waals surface area contributed by atoms with Crippen LogP contribution in [0, 0.1) is 0 Å². The molecule has 5 nitrogen and oxygen atoms in total. The number of aromatic nitrogens is 1. The molecule has 0 saturated heterocycles. The van der Waals surface area contributed by atoms with Crippen LogP contribution in [0.5, 0.6) is 0 Å². The molecule has 3 aromatic rings. The monoisotopic (exact) mass is 405 g/mol. The van der Waals surface area contributed by atoms with Gasteiger partial charge in [-0.2, -0.15) is 0 Å². The quantitative estimate of drug-likeness (QED) is 0.465. The fourth-order valence-electron chi connectivity index (χ4n) is 2.17. The molecule has 26 heavy (non-hydrogen) atoms. The summed E-state index contributed by atoms with van der Waals surface area (Å²) in [6.45, 7) is 0.734. The van der Waals surface area contributed by atoms with Crippen molar-refractivity contribution in [1.29, 1.82) is 0 Å². The van der Waals surface area contributed by atoms with Gasteiger partial charge in [0.2, 0.25) is 5.91 Å². The smallest absolute Gasteiger partial charge is 0.251 e. The minimum atomic E-state index is -0.195. The van der Waals surface area contributed by atoms with Crippen molar-refractivity contribution in [2.45, 2.75) is 4.34 Å². The summed E-state index contributed by atoms with van der Waals surface area (Å²) < 4.78 is 1.98. The Morgan fingerprint density at radius 1 is 1.04 bits per heavy atom. The molecule has 0 radical (unpaired) electrons. The van der Waals surface area contributed by atoms with Gasteiger partial charge >= 0.3 is 0 Å². The second kappa shape index (κ2) is 9.02. The largest absolute Gasteiger partial charge is 0.354 e. The number of halogens is 1. The van der Waals surface area contributed by atoms with Crippen molar-refractivity contribution in [3.63, 3.8) is 0 Å². The number of carbonyl (C=O) groups excluding carboxylic acids is 2. The molecule has 3 rings (SSSR count). The number of nitrogens with one attached hydrogen (secondary N) is 2. The van der Waals surface area contributed by atoms with E-state index in [1.165, 1.54) is 11.8 Å². The standard InChI is InChI=1S/C18H16ClN3O2S2/c19-13-7-5-12(6-8-13)17(24)21-10-9-20-16(23)11-25-18-22-14-3-1-2-4-15(14)26-18/h1-8H,9-11H2,(H,20,23)(H,21,24). The Morgan fingerprint density at radius 2 is 1.77 bits per heavy atom. The number of amides is 2. The highest BCUT2D eigenvalue weighted by molar-refractivity contribution is 8.01. The van der Waals surface area contributed by atoms with Crippen LogP contribution in [0.3, 0.4) is 0 Å². The summed E-state index contributed by atoms with van der Waals surface area (Å²) in [4.78, 5) is 28.3. The average Bonchev–Trinajstić information content (AvgIpc) is 3.07. The minimum absolute atomic E-state index is 0.0880. The van der Waals surface area contributed by atoms with E-state index in [0.717, 1.165) is 14.6 Å². The summed E-state index contributed by atoms with van der Waals surface area (Å²) in [6.07, 6.45) is 0. The number of thiazole rings is 1. The van der Waals surface area contributed by atoms with E-state index >= 15 is 0 Å². The van der Waals surface area contributed by atoms with Gasteiger partial charge in [-0.25, -0.2) is 4.98 Å². The van der Waals surface area contributed by atoms with E-state index in [1.807, 2.05) is 24.3 Å². The van der Waals surface area contributed by atoms with Crippen molar-refractivity contribution in [1.82, 2.24) is 15.6 Å². The van der Waals surface area contributed by atoms with Crippen LogP contribution in [0.1, 0.15) is 10.4 Å². The molecule has 2 amide bonds. The van der Waals surface area contributed by atoms with Crippen LogP contribution in [0.15, 0.2) is 52.9 Å². The van der Waals surface area contributed by atoms with Crippen molar-refractivity contribution in [2.24, 2.45) is 0 Å². The molecule has 0 aliphatic heterocycles. The molecular weight excluding hydrogens is 390 g/mol. The van der Waals surface area contributed by atoms with Crippen LogP contribution in [-0.4, -0.2) is 35.6 Å². The van der Waals surface area contributed by atoms with Crippen LogP contribution in [0.4, 0.5) is 0 Å². The third-order valence-corrected chi connectivity index (χ3v) is 5.87. The maximum Gasteiger partial charge on any atom is 0.251 e. The van der Waals surface area contributed by atoms with Gasteiger partial charge in [-0.15, -0.1) is 11.3 Å². The summed E-state index contributed by atoms with van der Waals surface area (Å²) in [5.41, 5.74) is 1.48. The zero-order valence-corrected chi connectivity index (χ0v) is 16.1. The van der Waals surface area contributed by atoms with E-state index in [0.29, 0.717) is 29.4 Å². The second-order valence-electron chi connectivity index (χ2n) is 5.35. The maximum absolute atomic E-state index is 11.9. The van der Waals surface area contributed by atoms with Gasteiger partial charge in [0.1, 0.15) is 0 Å². The topological polar surface area (TPSA) is 71.1 Å². The summed E-state index contributed by atoms with van der Waals surface area (Å²) in [5, 5.41) is 6.12. The molecule has 0 aliphatic rings. The molecule has 1 aromatic heterocycles. The fraction of sp³-hybridized carbons (Fsp3) is 0.167. The molecule has 0 saturated carbocycles. The predicted octanol–water partition coefficient (Wildman–Crippen LogP) is 3.59. The Bertz CT molecular complexity index is 879. The molecule has 2 N–H and O–H groups in total. The number of benzene rings is 2. The number of hydrogen-bond acceptors (Lipinski definition) is 5. The van der Waals surface area contributed by atoms with Crippen LogP contribution < -0.4 is 10.6 Å². The third kappa shape index (κ3) is 5.20. The highest BCUT2D eigenvalue weighted by Gasteiger charge is 2.08. The number of carbonyl (C=O) groups is 2. The van der Waals surface area contributed by atoms with Crippen molar-refractivity contribution >= 4 is 56.7 Å². The first-order valence-corrected chi connectivity index (χ1v) is 10.1. The van der Waals surface area contributed by atoms with E-state index in [9.17, 15) is 9.59 Å². The Hall–Kier alpha value is -2.09. The lowest BCUT2D eigenvalue weighted by Crippen LogP contribution is -2.35. The molecular formula is C18H16ClN3O2S2. The SMILES string of the molecule is O=C(CSc1nc2ccccc2s1)NCCNC(=O)c1ccc(Cl)cc1. The van der Waals surface area contributed by atoms with Gasteiger partial charge in [-0.3, -0.25) is 9.59 Å². The first kappa shape index (κ1) is 18.7. The third-order valence-electron chi connectivity index (χ3n) is 3.44. The van der Waals surface area contributed by atoms with Crippen LogP contribution >= 0.6 is 34.7 Å². The van der Waals surface area contributed by atoms with Gasteiger partial charge in [0.15, 0.2) is 4.34 Å². The average molecular weight is 406 g/mol. The Kier molecular flexibility index (Phi) is 6.49. The number of fused-ring (bicyclic) bond motifs is 1. The van der Waals surface area contributed by atoms with E-state index in [2.05, 4.69) is 15.6 Å². The molecule has 134 valence electrons. The van der Waals surface area contributed by atoms with E-state index in [-0.39, 0.29) is 11.8 Å². The number of rotatable bonds is 7. The lowest BCUT2D eigenvalue weighted by atomic mass is 10.2. The summed E-state index contributed by atoms with van der Waals surface area (Å²) in [5.74, 6) is 0.0140. The maximum atomic E-state index is 11.9. The lowest BCUT2D eigenvalue weighted by Gasteiger charge is -2.07. The summed E-state index contributed by atoms with van der Waals surface area (Å²) >= 11 is 8.78. The van der Waals surface area contributed by atoms with E-state index in [4.69, 9.17) is 11.6 Å². The molecule has 0 bridgehead atoms. The molecule has 1 heterocycles. The summed E-state index contributed by atoms with van der Waals surface area (Å²) in [7, 11) is 0. The molecule has 0 unspecified atom stereocenters. The Labute approximate surface area is 164 Å². The van der Waals surface area contributed by atoms with Crippen LogP contribution in [0.2, 0.25) is 5.02 Å². The highest BCUT2D eigenvalue weighted by Crippen LogP contribution is 2.28. The van der Waals surface area contributed by atoms with Gasteiger partial charge in [0.05, 0.1) is 16.0 Å². The summed E-state index contributed by atoms with van der Waals surface area (Å²) in [6, 6.07) is 14.5. The van der Waals surface area contributed by atoms with Crippen molar-refractivity contribution in [2.75, 3.05) is 18.8 Å². The van der Waals surface area contributed by atoms with Crippen LogP contribution in [-0.2, 0) is 4.79 Å².